The number of hydrogen-bond donors (Lipinski definition) is 1. The first kappa shape index (κ1) is 15.8. The topological polar surface area (TPSA) is 67.6 Å². The van der Waals surface area contributed by atoms with Gasteiger partial charge in [-0.15, -0.1) is 0 Å². The minimum Gasteiger partial charge on any atom is -0.444 e. The van der Waals surface area contributed by atoms with Crippen LogP contribution in [-0.4, -0.2) is 50.7 Å². The number of aryl methyl sites for hydroxylation is 1. The monoisotopic (exact) mass is 295 g/mol. The lowest BCUT2D eigenvalue weighted by Gasteiger charge is -2.25. The van der Waals surface area contributed by atoms with Crippen LogP contribution < -0.4 is 0 Å². The largest absolute Gasteiger partial charge is 0.444 e. The SMILES string of the molecule is Cn1ccc(CC(O)C2CCN(C(=O)OC(C)(C)C)C2)n1. The van der Waals surface area contributed by atoms with Crippen molar-refractivity contribution in [2.75, 3.05) is 13.1 Å². The normalized spacial score (nSPS) is 20.6. The molecule has 21 heavy (non-hydrogen) atoms. The molecule has 2 unspecified atom stereocenters. The number of likely N-dealkylation sites (tertiary alicyclic amines) is 1. The van der Waals surface area contributed by atoms with Crippen LogP contribution in [0.5, 0.6) is 0 Å². The third-order valence-corrected chi connectivity index (χ3v) is 3.61. The van der Waals surface area contributed by atoms with Gasteiger partial charge in [0.15, 0.2) is 0 Å². The van der Waals surface area contributed by atoms with Gasteiger partial charge in [0.25, 0.3) is 0 Å². The third kappa shape index (κ3) is 4.46. The number of aliphatic hydroxyl groups is 1. The van der Waals surface area contributed by atoms with Gasteiger partial charge in [-0.25, -0.2) is 4.79 Å². The number of carbonyl (C=O) groups excluding carboxylic acids is 1. The summed E-state index contributed by atoms with van der Waals surface area (Å²) in [5.41, 5.74) is 0.391. The van der Waals surface area contributed by atoms with Gasteiger partial charge in [0.2, 0.25) is 0 Å². The van der Waals surface area contributed by atoms with E-state index >= 15 is 0 Å². The minimum absolute atomic E-state index is 0.0829. The fourth-order valence-electron chi connectivity index (χ4n) is 2.55. The number of aliphatic hydroxyl groups excluding tert-OH is 1. The highest BCUT2D eigenvalue weighted by atomic mass is 16.6. The van der Waals surface area contributed by atoms with Crippen molar-refractivity contribution in [1.82, 2.24) is 14.7 Å². The molecule has 1 aromatic rings. The van der Waals surface area contributed by atoms with Crippen LogP contribution in [0.15, 0.2) is 12.3 Å². The van der Waals surface area contributed by atoms with E-state index in [4.69, 9.17) is 4.74 Å². The number of aromatic nitrogens is 2. The quantitative estimate of drug-likeness (QED) is 0.919. The molecular formula is C15H25N3O3. The predicted molar refractivity (Wildman–Crippen MR) is 78.8 cm³/mol. The summed E-state index contributed by atoms with van der Waals surface area (Å²) < 4.78 is 7.09. The summed E-state index contributed by atoms with van der Waals surface area (Å²) in [4.78, 5) is 13.7. The highest BCUT2D eigenvalue weighted by molar-refractivity contribution is 5.68. The Morgan fingerprint density at radius 1 is 1.57 bits per heavy atom. The molecule has 1 aliphatic rings. The van der Waals surface area contributed by atoms with Crippen molar-refractivity contribution in [3.8, 4) is 0 Å². The second kappa shape index (κ2) is 6.05. The number of rotatable bonds is 3. The van der Waals surface area contributed by atoms with E-state index in [1.807, 2.05) is 40.1 Å². The van der Waals surface area contributed by atoms with Gasteiger partial charge < -0.3 is 14.7 Å². The van der Waals surface area contributed by atoms with Crippen LogP contribution >= 0.6 is 0 Å². The third-order valence-electron chi connectivity index (χ3n) is 3.61. The average Bonchev–Trinajstić information content (AvgIpc) is 2.96. The Kier molecular flexibility index (Phi) is 4.56. The lowest BCUT2D eigenvalue weighted by molar-refractivity contribution is 0.0269. The van der Waals surface area contributed by atoms with Crippen LogP contribution in [0.25, 0.3) is 0 Å². The molecule has 118 valence electrons. The maximum absolute atomic E-state index is 12.0. The first-order valence-corrected chi connectivity index (χ1v) is 7.39. The molecule has 6 heteroatoms. The Morgan fingerprint density at radius 2 is 2.29 bits per heavy atom. The van der Waals surface area contributed by atoms with Gasteiger partial charge in [0.1, 0.15) is 5.60 Å². The van der Waals surface area contributed by atoms with Crippen LogP contribution in [0.2, 0.25) is 0 Å². The predicted octanol–water partition coefficient (Wildman–Crippen LogP) is 1.58. The molecule has 0 aromatic carbocycles. The minimum atomic E-state index is -0.484. The van der Waals surface area contributed by atoms with E-state index in [2.05, 4.69) is 5.10 Å². The molecule has 1 fully saturated rings. The van der Waals surface area contributed by atoms with Gasteiger partial charge in [0, 0.05) is 38.7 Å². The van der Waals surface area contributed by atoms with Gasteiger partial charge in [-0.3, -0.25) is 4.68 Å². The second-order valence-electron chi connectivity index (χ2n) is 6.73. The molecule has 0 radical (unpaired) electrons. The van der Waals surface area contributed by atoms with Crippen LogP contribution in [0.1, 0.15) is 32.9 Å². The Bertz CT molecular complexity index is 493. The van der Waals surface area contributed by atoms with Crippen molar-refractivity contribution in [3.05, 3.63) is 18.0 Å². The molecule has 1 N–H and O–H groups in total. The molecule has 0 bridgehead atoms. The van der Waals surface area contributed by atoms with Crippen molar-refractivity contribution >= 4 is 6.09 Å². The summed E-state index contributed by atoms with van der Waals surface area (Å²) >= 11 is 0. The summed E-state index contributed by atoms with van der Waals surface area (Å²) in [6, 6.07) is 1.91. The summed E-state index contributed by atoms with van der Waals surface area (Å²) in [7, 11) is 1.86. The highest BCUT2D eigenvalue weighted by Gasteiger charge is 2.33. The summed E-state index contributed by atoms with van der Waals surface area (Å²) in [6.45, 7) is 6.75. The van der Waals surface area contributed by atoms with E-state index in [-0.39, 0.29) is 12.0 Å². The van der Waals surface area contributed by atoms with Crippen LogP contribution in [0.3, 0.4) is 0 Å². The van der Waals surface area contributed by atoms with E-state index in [0.717, 1.165) is 12.1 Å². The van der Waals surface area contributed by atoms with Gasteiger partial charge in [-0.1, -0.05) is 0 Å². The Labute approximate surface area is 125 Å². The molecule has 1 saturated heterocycles. The first-order chi connectivity index (χ1) is 9.74. The summed E-state index contributed by atoms with van der Waals surface area (Å²) in [6.07, 6.45) is 2.41. The smallest absolute Gasteiger partial charge is 0.410 e. The molecular weight excluding hydrogens is 270 g/mol. The van der Waals surface area contributed by atoms with Crippen LogP contribution in [-0.2, 0) is 18.2 Å². The fourth-order valence-corrected chi connectivity index (χ4v) is 2.55. The van der Waals surface area contributed by atoms with Crippen molar-refractivity contribution in [2.45, 2.75) is 45.3 Å². The zero-order chi connectivity index (χ0) is 15.6. The Balaban J connectivity index is 1.85. The molecule has 0 aliphatic carbocycles. The molecule has 0 spiro atoms. The van der Waals surface area contributed by atoms with Crippen LogP contribution in [0.4, 0.5) is 4.79 Å². The van der Waals surface area contributed by atoms with E-state index in [0.29, 0.717) is 19.5 Å². The maximum atomic E-state index is 12.0. The molecule has 2 atom stereocenters. The molecule has 0 saturated carbocycles. The van der Waals surface area contributed by atoms with E-state index in [1.54, 1.807) is 9.58 Å². The van der Waals surface area contributed by atoms with Crippen molar-refractivity contribution in [1.29, 1.82) is 0 Å². The molecule has 6 nitrogen and oxygen atoms in total. The highest BCUT2D eigenvalue weighted by Crippen LogP contribution is 2.23. The Hall–Kier alpha value is -1.56. The number of hydrogen-bond acceptors (Lipinski definition) is 4. The molecule has 1 aromatic heterocycles. The molecule has 2 heterocycles. The number of amides is 1. The number of nitrogens with zero attached hydrogens (tertiary/aromatic N) is 3. The summed E-state index contributed by atoms with van der Waals surface area (Å²) in [5, 5.41) is 14.6. The zero-order valence-corrected chi connectivity index (χ0v) is 13.2. The average molecular weight is 295 g/mol. The second-order valence-corrected chi connectivity index (χ2v) is 6.73. The zero-order valence-electron chi connectivity index (χ0n) is 13.2. The standard InChI is InChI=1S/C15H25N3O3/c1-15(2,3)21-14(20)18-8-5-11(10-18)13(19)9-12-6-7-17(4)16-12/h6-7,11,13,19H,5,8-10H2,1-4H3. The van der Waals surface area contributed by atoms with Crippen molar-refractivity contribution < 1.29 is 14.6 Å². The lowest BCUT2D eigenvalue weighted by Crippen LogP contribution is -2.36. The molecule has 1 aliphatic heterocycles. The van der Waals surface area contributed by atoms with Gasteiger partial charge >= 0.3 is 6.09 Å². The van der Waals surface area contributed by atoms with Gasteiger partial charge in [0.05, 0.1) is 11.8 Å². The Morgan fingerprint density at radius 3 is 2.86 bits per heavy atom. The van der Waals surface area contributed by atoms with Crippen molar-refractivity contribution in [2.24, 2.45) is 13.0 Å². The van der Waals surface area contributed by atoms with E-state index < -0.39 is 11.7 Å². The molecule has 1 amide bonds. The van der Waals surface area contributed by atoms with Gasteiger partial charge in [-0.2, -0.15) is 5.10 Å². The fraction of sp³-hybridized carbons (Fsp3) is 0.733. The number of carbonyl (C=O) groups is 1. The van der Waals surface area contributed by atoms with Crippen molar-refractivity contribution in [3.63, 3.8) is 0 Å². The van der Waals surface area contributed by atoms with E-state index in [9.17, 15) is 9.90 Å². The summed E-state index contributed by atoms with van der Waals surface area (Å²) in [5.74, 6) is 0.0829. The first-order valence-electron chi connectivity index (χ1n) is 7.39. The van der Waals surface area contributed by atoms with Crippen LogP contribution in [0, 0.1) is 5.92 Å². The van der Waals surface area contributed by atoms with Gasteiger partial charge in [-0.05, 0) is 33.3 Å². The van der Waals surface area contributed by atoms with E-state index in [1.165, 1.54) is 0 Å². The maximum Gasteiger partial charge on any atom is 0.410 e. The number of ether oxygens (including phenoxy) is 1. The lowest BCUT2D eigenvalue weighted by atomic mass is 9.98. The molecule has 2 rings (SSSR count).